The molecule has 0 radical (unpaired) electrons. The predicted octanol–water partition coefficient (Wildman–Crippen LogP) is 2.94. The minimum Gasteiger partial charge on any atom is -0.277 e. The molecule has 0 saturated carbocycles. The van der Waals surface area contributed by atoms with Crippen LogP contribution in [0.25, 0.3) is 11.3 Å². The van der Waals surface area contributed by atoms with Crippen LogP contribution in [0.15, 0.2) is 12.4 Å². The lowest BCUT2D eigenvalue weighted by Crippen LogP contribution is -2.05. The summed E-state index contributed by atoms with van der Waals surface area (Å²) >= 11 is 0. The molecule has 2 rings (SSSR count). The van der Waals surface area contributed by atoms with E-state index < -0.39 is 0 Å². The molecule has 2 aromatic heterocycles. The third-order valence-corrected chi connectivity index (χ3v) is 2.97. The summed E-state index contributed by atoms with van der Waals surface area (Å²) in [6, 6.07) is 0. The highest BCUT2D eigenvalue weighted by atomic mass is 15.3. The lowest BCUT2D eigenvalue weighted by molar-refractivity contribution is 0.571. The van der Waals surface area contributed by atoms with Crippen LogP contribution in [-0.2, 0) is 13.0 Å². The molecule has 2 aromatic rings. The molecule has 0 saturated heterocycles. The second-order valence-electron chi connectivity index (χ2n) is 4.41. The highest BCUT2D eigenvalue weighted by molar-refractivity contribution is 5.64. The number of aromatic nitrogens is 4. The van der Waals surface area contributed by atoms with Gasteiger partial charge in [-0.3, -0.25) is 9.78 Å². The number of hydrogen-bond acceptors (Lipinski definition) is 2. The number of aryl methyl sites for hydroxylation is 2. The Bertz CT molecular complexity index is 481. The summed E-state index contributed by atoms with van der Waals surface area (Å²) < 4.78 is 2.12. The van der Waals surface area contributed by atoms with Gasteiger partial charge in [0.25, 0.3) is 0 Å². The molecule has 0 atom stereocenters. The van der Waals surface area contributed by atoms with E-state index in [1.807, 2.05) is 12.4 Å². The quantitative estimate of drug-likeness (QED) is 0.861. The number of nitrogens with zero attached hydrogens (tertiary/aromatic N) is 3. The Morgan fingerprint density at radius 2 is 2.06 bits per heavy atom. The van der Waals surface area contributed by atoms with E-state index >= 15 is 0 Å². The normalized spacial score (nSPS) is 11.0. The second-order valence-corrected chi connectivity index (χ2v) is 4.41. The minimum atomic E-state index is 0.989. The van der Waals surface area contributed by atoms with Crippen LogP contribution in [0.3, 0.4) is 0 Å². The number of hydrogen-bond donors (Lipinski definition) is 1. The summed E-state index contributed by atoms with van der Waals surface area (Å²) in [6.45, 7) is 7.44. The molecule has 4 nitrogen and oxygen atoms in total. The van der Waals surface area contributed by atoms with Crippen molar-refractivity contribution in [2.45, 2.75) is 46.6 Å². The van der Waals surface area contributed by atoms with Crippen molar-refractivity contribution in [3.63, 3.8) is 0 Å². The SMILES string of the molecule is CCCc1c(-c2[nH]ncc2C)cnn1CCC. The van der Waals surface area contributed by atoms with Crippen LogP contribution in [0.2, 0.25) is 0 Å². The summed E-state index contributed by atoms with van der Waals surface area (Å²) in [4.78, 5) is 0. The Hall–Kier alpha value is -1.58. The Morgan fingerprint density at radius 1 is 1.24 bits per heavy atom. The van der Waals surface area contributed by atoms with Gasteiger partial charge in [0.15, 0.2) is 0 Å². The fourth-order valence-corrected chi connectivity index (χ4v) is 2.14. The van der Waals surface area contributed by atoms with Gasteiger partial charge in [0.1, 0.15) is 0 Å². The maximum atomic E-state index is 4.49. The highest BCUT2D eigenvalue weighted by Gasteiger charge is 2.14. The maximum absolute atomic E-state index is 4.49. The van der Waals surface area contributed by atoms with E-state index in [9.17, 15) is 0 Å². The van der Waals surface area contributed by atoms with Crippen LogP contribution in [-0.4, -0.2) is 20.0 Å². The zero-order chi connectivity index (χ0) is 12.3. The molecule has 0 spiro atoms. The maximum Gasteiger partial charge on any atom is 0.0713 e. The molecule has 2 heterocycles. The van der Waals surface area contributed by atoms with E-state index in [4.69, 9.17) is 0 Å². The van der Waals surface area contributed by atoms with Gasteiger partial charge in [0.05, 0.1) is 18.1 Å². The van der Waals surface area contributed by atoms with Crippen LogP contribution in [0.5, 0.6) is 0 Å². The Labute approximate surface area is 102 Å². The standard InChI is InChI=1S/C13H20N4/c1-4-6-12-11(9-15-17(12)7-5-2)13-10(3)8-14-16-13/h8-9H,4-7H2,1-3H3,(H,14,16). The topological polar surface area (TPSA) is 46.5 Å². The van der Waals surface area contributed by atoms with Crippen LogP contribution >= 0.6 is 0 Å². The van der Waals surface area contributed by atoms with Crippen molar-refractivity contribution < 1.29 is 0 Å². The van der Waals surface area contributed by atoms with Gasteiger partial charge < -0.3 is 0 Å². The molecule has 0 aliphatic rings. The lowest BCUT2D eigenvalue weighted by Gasteiger charge is -2.07. The first-order valence-electron chi connectivity index (χ1n) is 6.32. The average Bonchev–Trinajstić information content (AvgIpc) is 2.88. The molecular weight excluding hydrogens is 212 g/mol. The van der Waals surface area contributed by atoms with E-state index in [1.54, 1.807) is 0 Å². The van der Waals surface area contributed by atoms with E-state index in [2.05, 4.69) is 40.7 Å². The number of aromatic amines is 1. The van der Waals surface area contributed by atoms with Gasteiger partial charge in [-0.2, -0.15) is 10.2 Å². The molecule has 17 heavy (non-hydrogen) atoms. The number of H-pyrrole nitrogens is 1. The molecule has 0 bridgehead atoms. The molecule has 0 aliphatic carbocycles. The molecule has 1 N–H and O–H groups in total. The summed E-state index contributed by atoms with van der Waals surface area (Å²) in [5.74, 6) is 0. The van der Waals surface area contributed by atoms with Gasteiger partial charge in [-0.05, 0) is 25.3 Å². The smallest absolute Gasteiger partial charge is 0.0713 e. The molecule has 0 fully saturated rings. The van der Waals surface area contributed by atoms with Gasteiger partial charge >= 0.3 is 0 Å². The molecule has 0 aromatic carbocycles. The molecule has 0 unspecified atom stereocenters. The Morgan fingerprint density at radius 3 is 2.65 bits per heavy atom. The van der Waals surface area contributed by atoms with Crippen molar-refractivity contribution in [2.75, 3.05) is 0 Å². The fourth-order valence-electron chi connectivity index (χ4n) is 2.14. The number of nitrogens with one attached hydrogen (secondary N) is 1. The highest BCUT2D eigenvalue weighted by Crippen LogP contribution is 2.25. The van der Waals surface area contributed by atoms with E-state index in [1.165, 1.54) is 16.8 Å². The zero-order valence-corrected chi connectivity index (χ0v) is 10.8. The van der Waals surface area contributed by atoms with E-state index in [0.717, 1.165) is 31.5 Å². The van der Waals surface area contributed by atoms with Crippen LogP contribution < -0.4 is 0 Å². The largest absolute Gasteiger partial charge is 0.277 e. The molecule has 0 aliphatic heterocycles. The Kier molecular flexibility index (Phi) is 3.61. The van der Waals surface area contributed by atoms with Crippen LogP contribution in [0.1, 0.15) is 37.9 Å². The third kappa shape index (κ3) is 2.25. The van der Waals surface area contributed by atoms with Crippen LogP contribution in [0, 0.1) is 6.92 Å². The van der Waals surface area contributed by atoms with Gasteiger partial charge in [0, 0.05) is 17.8 Å². The van der Waals surface area contributed by atoms with Gasteiger partial charge in [-0.25, -0.2) is 0 Å². The van der Waals surface area contributed by atoms with Gasteiger partial charge in [0.2, 0.25) is 0 Å². The molecule has 92 valence electrons. The van der Waals surface area contributed by atoms with Crippen molar-refractivity contribution in [1.82, 2.24) is 20.0 Å². The summed E-state index contributed by atoms with van der Waals surface area (Å²) in [6.07, 6.45) is 7.13. The zero-order valence-electron chi connectivity index (χ0n) is 10.8. The van der Waals surface area contributed by atoms with Gasteiger partial charge in [-0.15, -0.1) is 0 Å². The van der Waals surface area contributed by atoms with Crippen molar-refractivity contribution in [3.8, 4) is 11.3 Å². The van der Waals surface area contributed by atoms with Gasteiger partial charge in [-0.1, -0.05) is 20.3 Å². The predicted molar refractivity (Wildman–Crippen MR) is 68.8 cm³/mol. The minimum absolute atomic E-state index is 0.989. The van der Waals surface area contributed by atoms with Crippen LogP contribution in [0.4, 0.5) is 0 Å². The van der Waals surface area contributed by atoms with Crippen molar-refractivity contribution >= 4 is 0 Å². The van der Waals surface area contributed by atoms with Crippen molar-refractivity contribution in [1.29, 1.82) is 0 Å². The first-order chi connectivity index (χ1) is 8.27. The lowest BCUT2D eigenvalue weighted by atomic mass is 10.1. The Balaban J connectivity index is 2.43. The van der Waals surface area contributed by atoms with E-state index in [-0.39, 0.29) is 0 Å². The summed E-state index contributed by atoms with van der Waals surface area (Å²) in [5.41, 5.74) is 4.81. The first-order valence-corrected chi connectivity index (χ1v) is 6.32. The molecular formula is C13H20N4. The first kappa shape index (κ1) is 11.9. The number of rotatable bonds is 5. The molecule has 0 amide bonds. The third-order valence-electron chi connectivity index (χ3n) is 2.97. The summed E-state index contributed by atoms with van der Waals surface area (Å²) in [5, 5.41) is 11.7. The fraction of sp³-hybridized carbons (Fsp3) is 0.538. The van der Waals surface area contributed by atoms with E-state index in [0.29, 0.717) is 0 Å². The van der Waals surface area contributed by atoms with Crippen molar-refractivity contribution in [3.05, 3.63) is 23.7 Å². The average molecular weight is 232 g/mol. The van der Waals surface area contributed by atoms with Crippen molar-refractivity contribution in [2.24, 2.45) is 0 Å². The monoisotopic (exact) mass is 232 g/mol. The summed E-state index contributed by atoms with van der Waals surface area (Å²) in [7, 11) is 0. The molecule has 4 heteroatoms. The second kappa shape index (κ2) is 5.17.